The van der Waals surface area contributed by atoms with Crippen molar-refractivity contribution in [3.63, 3.8) is 0 Å². The van der Waals surface area contributed by atoms with Crippen molar-refractivity contribution >= 4 is 10.8 Å². The summed E-state index contributed by atoms with van der Waals surface area (Å²) in [4.78, 5) is 0.639. The first-order valence-electron chi connectivity index (χ1n) is 16.5. The number of ether oxygens (including phenoxy) is 6. The first kappa shape index (κ1) is 34.7. The highest BCUT2D eigenvalue weighted by molar-refractivity contribution is 7.85. The largest absolute Gasteiger partial charge is 0.497 e. The van der Waals surface area contributed by atoms with Gasteiger partial charge in [0.15, 0.2) is 5.44 Å². The van der Waals surface area contributed by atoms with Crippen LogP contribution in [0, 0.1) is 0 Å². The number of benzene rings is 5. The van der Waals surface area contributed by atoms with Gasteiger partial charge in [-0.05, 0) is 46.5 Å². The lowest BCUT2D eigenvalue weighted by Crippen LogP contribution is -2.62. The third kappa shape index (κ3) is 9.73. The zero-order valence-electron chi connectivity index (χ0n) is 27.5. The number of methoxy groups -OCH3 is 1. The van der Waals surface area contributed by atoms with Crippen LogP contribution in [0.4, 0.5) is 0 Å². The Labute approximate surface area is 291 Å². The Morgan fingerprint density at radius 1 is 0.531 bits per heavy atom. The van der Waals surface area contributed by atoms with E-state index in [1.54, 1.807) is 7.11 Å². The Morgan fingerprint density at radius 2 is 0.980 bits per heavy atom. The third-order valence-electron chi connectivity index (χ3n) is 8.34. The van der Waals surface area contributed by atoms with Gasteiger partial charge in [-0.15, -0.1) is 0 Å². The number of rotatable bonds is 16. The maximum atomic E-state index is 14.4. The van der Waals surface area contributed by atoms with Gasteiger partial charge < -0.3 is 28.4 Å². The maximum Gasteiger partial charge on any atom is 0.166 e. The molecule has 1 fully saturated rings. The molecule has 1 unspecified atom stereocenters. The quantitative estimate of drug-likeness (QED) is 0.107. The number of hydrogen-bond acceptors (Lipinski definition) is 7. The van der Waals surface area contributed by atoms with Crippen LogP contribution in [0.5, 0.6) is 5.75 Å². The SMILES string of the molecule is COc1ccc(CO[C@H]2[C@@H](OCc3ccccc3)[C@H](OCc3ccccc3)[C@@H](COCc3ccccc3)O[C@@H]2S(=O)c2ccccc2)cc1. The molecule has 0 spiro atoms. The maximum absolute atomic E-state index is 14.4. The van der Waals surface area contributed by atoms with Crippen LogP contribution in [0.1, 0.15) is 22.3 Å². The van der Waals surface area contributed by atoms with Gasteiger partial charge in [0.1, 0.15) is 30.2 Å². The van der Waals surface area contributed by atoms with Crippen LogP contribution in [-0.4, -0.2) is 47.8 Å². The van der Waals surface area contributed by atoms with Crippen molar-refractivity contribution < 1.29 is 32.6 Å². The average Bonchev–Trinajstić information content (AvgIpc) is 3.17. The lowest BCUT2D eigenvalue weighted by Gasteiger charge is -2.45. The lowest BCUT2D eigenvalue weighted by atomic mass is 9.98. The van der Waals surface area contributed by atoms with E-state index in [4.69, 9.17) is 28.4 Å². The van der Waals surface area contributed by atoms with Crippen molar-refractivity contribution in [1.82, 2.24) is 0 Å². The van der Waals surface area contributed by atoms with Crippen LogP contribution < -0.4 is 4.74 Å². The molecule has 1 heterocycles. The molecule has 0 amide bonds. The predicted molar refractivity (Wildman–Crippen MR) is 189 cm³/mol. The summed E-state index contributed by atoms with van der Waals surface area (Å²) in [5.74, 6) is 0.754. The van der Waals surface area contributed by atoms with Crippen LogP contribution in [0.2, 0.25) is 0 Å². The molecule has 6 rings (SSSR count). The molecule has 0 saturated carbocycles. The zero-order chi connectivity index (χ0) is 33.7. The van der Waals surface area contributed by atoms with E-state index < -0.39 is 40.7 Å². The smallest absolute Gasteiger partial charge is 0.166 e. The molecule has 0 bridgehead atoms. The molecular formula is C41H42O7S. The second kappa shape index (κ2) is 18.0. The van der Waals surface area contributed by atoms with Crippen molar-refractivity contribution in [3.05, 3.63) is 168 Å². The van der Waals surface area contributed by atoms with Crippen LogP contribution in [0.25, 0.3) is 0 Å². The molecule has 0 N–H and O–H groups in total. The van der Waals surface area contributed by atoms with Gasteiger partial charge in [-0.3, -0.25) is 4.21 Å². The van der Waals surface area contributed by atoms with E-state index in [0.29, 0.717) is 24.7 Å². The van der Waals surface area contributed by atoms with Crippen LogP contribution >= 0.6 is 0 Å². The minimum Gasteiger partial charge on any atom is -0.497 e. The molecule has 1 aliphatic heterocycles. The molecule has 5 aromatic carbocycles. The molecule has 0 aliphatic carbocycles. The van der Waals surface area contributed by atoms with Gasteiger partial charge in [0.25, 0.3) is 0 Å². The first-order valence-corrected chi connectivity index (χ1v) is 17.7. The summed E-state index contributed by atoms with van der Waals surface area (Å²) in [6.07, 6.45) is -2.62. The fraction of sp³-hybridized carbons (Fsp3) is 0.268. The molecular weight excluding hydrogens is 637 g/mol. The Balaban J connectivity index is 1.34. The third-order valence-corrected chi connectivity index (χ3v) is 9.88. The van der Waals surface area contributed by atoms with Crippen LogP contribution in [-0.2, 0) is 60.9 Å². The highest BCUT2D eigenvalue weighted by Gasteiger charge is 2.50. The summed E-state index contributed by atoms with van der Waals surface area (Å²) in [6.45, 7) is 1.47. The second-order valence-corrected chi connectivity index (χ2v) is 13.3. The minimum atomic E-state index is -1.61. The summed E-state index contributed by atoms with van der Waals surface area (Å²) in [6, 6.07) is 47.0. The van der Waals surface area contributed by atoms with Crippen LogP contribution in [0.3, 0.4) is 0 Å². The molecule has 254 valence electrons. The van der Waals surface area contributed by atoms with Crippen molar-refractivity contribution in [3.8, 4) is 5.75 Å². The zero-order valence-corrected chi connectivity index (χ0v) is 28.4. The Bertz CT molecular complexity index is 1690. The van der Waals surface area contributed by atoms with Gasteiger partial charge in [-0.25, -0.2) is 0 Å². The van der Waals surface area contributed by atoms with Crippen LogP contribution in [0.15, 0.2) is 150 Å². The second-order valence-electron chi connectivity index (χ2n) is 11.8. The van der Waals surface area contributed by atoms with Gasteiger partial charge in [0, 0.05) is 4.90 Å². The van der Waals surface area contributed by atoms with Gasteiger partial charge in [0.2, 0.25) is 0 Å². The van der Waals surface area contributed by atoms with Crippen molar-refractivity contribution in [2.24, 2.45) is 0 Å². The topological polar surface area (TPSA) is 72.5 Å². The monoisotopic (exact) mass is 678 g/mol. The van der Waals surface area contributed by atoms with E-state index in [2.05, 4.69) is 0 Å². The van der Waals surface area contributed by atoms with E-state index >= 15 is 0 Å². The molecule has 1 aliphatic rings. The Morgan fingerprint density at radius 3 is 1.51 bits per heavy atom. The molecule has 8 heteroatoms. The summed E-state index contributed by atoms with van der Waals surface area (Å²) >= 11 is 0. The van der Waals surface area contributed by atoms with E-state index in [1.165, 1.54) is 0 Å². The normalized spacial score (nSPS) is 21.2. The lowest BCUT2D eigenvalue weighted by molar-refractivity contribution is -0.255. The fourth-order valence-electron chi connectivity index (χ4n) is 5.76. The van der Waals surface area contributed by atoms with E-state index in [9.17, 15) is 4.21 Å². The van der Waals surface area contributed by atoms with Gasteiger partial charge in [-0.1, -0.05) is 121 Å². The molecule has 5 aromatic rings. The fourth-order valence-corrected chi connectivity index (χ4v) is 7.17. The molecule has 7 nitrogen and oxygen atoms in total. The average molecular weight is 679 g/mol. The summed E-state index contributed by atoms with van der Waals surface area (Å²) in [5, 5.41) is 0. The van der Waals surface area contributed by atoms with E-state index in [1.807, 2.05) is 146 Å². The molecule has 0 radical (unpaired) electrons. The molecule has 6 atom stereocenters. The first-order chi connectivity index (χ1) is 24.2. The number of hydrogen-bond donors (Lipinski definition) is 0. The molecule has 0 aromatic heterocycles. The summed E-state index contributed by atoms with van der Waals surface area (Å²) < 4.78 is 53.0. The van der Waals surface area contributed by atoms with E-state index in [0.717, 1.165) is 28.0 Å². The standard InChI is InChI=1S/C41H42O7S/c1-43-35-24-22-34(23-25-35)29-47-40-39(46-28-33-18-10-4-11-19-33)38(45-27-32-16-8-3-9-17-32)37(30-44-26-31-14-6-2-7-15-31)48-41(40)49(42)36-20-12-5-13-21-36/h2-25,37-41H,26-30H2,1H3/t37-,38-,39+,40+,41-,49?/m1/s1. The summed E-state index contributed by atoms with van der Waals surface area (Å²) in [5.41, 5.74) is 3.12. The Hall–Kier alpha value is -4.15. The van der Waals surface area contributed by atoms with Gasteiger partial charge in [-0.2, -0.15) is 0 Å². The van der Waals surface area contributed by atoms with Crippen molar-refractivity contribution in [2.75, 3.05) is 13.7 Å². The molecule has 1 saturated heterocycles. The van der Waals surface area contributed by atoms with E-state index in [-0.39, 0.29) is 13.2 Å². The van der Waals surface area contributed by atoms with Crippen molar-refractivity contribution in [2.45, 2.75) is 61.2 Å². The Kier molecular flexibility index (Phi) is 12.8. The molecule has 49 heavy (non-hydrogen) atoms. The predicted octanol–water partition coefficient (Wildman–Crippen LogP) is 7.50. The highest BCUT2D eigenvalue weighted by Crippen LogP contribution is 2.34. The minimum absolute atomic E-state index is 0.202. The highest BCUT2D eigenvalue weighted by atomic mass is 32.2. The van der Waals surface area contributed by atoms with Gasteiger partial charge in [0.05, 0.1) is 50.9 Å². The van der Waals surface area contributed by atoms with Gasteiger partial charge >= 0.3 is 0 Å². The van der Waals surface area contributed by atoms with Crippen molar-refractivity contribution in [1.29, 1.82) is 0 Å². The summed E-state index contributed by atoms with van der Waals surface area (Å²) in [7, 11) is 0.0305.